The largest absolute Gasteiger partial charge is 0.490 e. The zero-order valence-corrected chi connectivity index (χ0v) is 17.0. The fourth-order valence-electron chi connectivity index (χ4n) is 3.66. The third kappa shape index (κ3) is 4.84. The second-order valence-electron chi connectivity index (χ2n) is 7.07. The predicted octanol–water partition coefficient (Wildman–Crippen LogP) is 4.05. The molecule has 2 aromatic carbocycles. The van der Waals surface area contributed by atoms with Crippen LogP contribution < -0.4 is 14.8 Å². The number of benzene rings is 2. The summed E-state index contributed by atoms with van der Waals surface area (Å²) < 4.78 is 11.2. The molecule has 0 saturated carbocycles. The quantitative estimate of drug-likeness (QED) is 0.748. The molecule has 5 heteroatoms. The molecular weight excluding hydrogens is 352 g/mol. The molecule has 1 aliphatic heterocycles. The number of carbonyl (C=O) groups excluding carboxylic acids is 1. The fourth-order valence-corrected chi connectivity index (χ4v) is 3.66. The number of nitrogens with one attached hydrogen (secondary N) is 1. The van der Waals surface area contributed by atoms with E-state index in [0.29, 0.717) is 36.3 Å². The molecule has 0 bridgehead atoms. The maximum absolute atomic E-state index is 12.7. The molecule has 0 radical (unpaired) electrons. The second-order valence-corrected chi connectivity index (χ2v) is 7.07. The van der Waals surface area contributed by atoms with E-state index in [2.05, 4.69) is 41.4 Å². The third-order valence-corrected chi connectivity index (χ3v) is 5.19. The minimum atomic E-state index is -0.0665. The number of hydrogen-bond acceptors (Lipinski definition) is 4. The van der Waals surface area contributed by atoms with Crippen molar-refractivity contribution in [2.45, 2.75) is 39.3 Å². The van der Waals surface area contributed by atoms with Gasteiger partial charge in [0.1, 0.15) is 0 Å². The zero-order valence-electron chi connectivity index (χ0n) is 17.0. The Balaban J connectivity index is 1.61. The topological polar surface area (TPSA) is 50.8 Å². The fraction of sp³-hybridized carbons (Fsp3) is 0.435. The molecule has 1 amide bonds. The Labute approximate surface area is 167 Å². The van der Waals surface area contributed by atoms with Crippen LogP contribution in [0.3, 0.4) is 0 Å². The number of carbonyl (C=O) groups is 1. The first-order valence-electron chi connectivity index (χ1n) is 10.1. The third-order valence-electron chi connectivity index (χ3n) is 5.19. The summed E-state index contributed by atoms with van der Waals surface area (Å²) in [6, 6.07) is 16.4. The van der Waals surface area contributed by atoms with Gasteiger partial charge in [0, 0.05) is 30.7 Å². The van der Waals surface area contributed by atoms with Crippen molar-refractivity contribution in [1.82, 2.24) is 10.2 Å². The summed E-state index contributed by atoms with van der Waals surface area (Å²) in [5, 5.41) is 3.18. The van der Waals surface area contributed by atoms with Gasteiger partial charge in [-0.1, -0.05) is 30.3 Å². The molecule has 0 aliphatic carbocycles. The summed E-state index contributed by atoms with van der Waals surface area (Å²) >= 11 is 0. The molecule has 1 heterocycles. The summed E-state index contributed by atoms with van der Waals surface area (Å²) in [7, 11) is 0. The Hall–Kier alpha value is -2.53. The minimum Gasteiger partial charge on any atom is -0.490 e. The summed E-state index contributed by atoms with van der Waals surface area (Å²) in [6.45, 7) is 9.00. The van der Waals surface area contributed by atoms with Gasteiger partial charge in [-0.05, 0) is 51.0 Å². The van der Waals surface area contributed by atoms with Crippen LogP contribution in [-0.4, -0.2) is 43.2 Å². The van der Waals surface area contributed by atoms with Gasteiger partial charge in [0.15, 0.2) is 11.5 Å². The Kier molecular flexibility index (Phi) is 6.93. The van der Waals surface area contributed by atoms with Crippen LogP contribution in [0.1, 0.15) is 49.2 Å². The lowest BCUT2D eigenvalue weighted by Crippen LogP contribution is -2.37. The van der Waals surface area contributed by atoms with Gasteiger partial charge in [-0.25, -0.2) is 0 Å². The molecule has 1 N–H and O–H groups in total. The van der Waals surface area contributed by atoms with Crippen molar-refractivity contribution in [1.29, 1.82) is 0 Å². The number of nitrogens with zero attached hydrogens (tertiary/aromatic N) is 1. The van der Waals surface area contributed by atoms with E-state index in [1.54, 1.807) is 12.1 Å². The van der Waals surface area contributed by atoms with Crippen LogP contribution in [0.5, 0.6) is 11.5 Å². The molecule has 1 fully saturated rings. The lowest BCUT2D eigenvalue weighted by atomic mass is 10.1. The van der Waals surface area contributed by atoms with Crippen LogP contribution in [0.15, 0.2) is 48.5 Å². The number of ether oxygens (including phenoxy) is 2. The molecule has 0 aromatic heterocycles. The first-order valence-corrected chi connectivity index (χ1v) is 10.1. The predicted molar refractivity (Wildman–Crippen MR) is 111 cm³/mol. The van der Waals surface area contributed by atoms with Crippen molar-refractivity contribution in [3.05, 3.63) is 59.7 Å². The van der Waals surface area contributed by atoms with E-state index in [1.807, 2.05) is 26.0 Å². The van der Waals surface area contributed by atoms with Gasteiger partial charge in [-0.2, -0.15) is 0 Å². The van der Waals surface area contributed by atoms with Gasteiger partial charge < -0.3 is 14.8 Å². The highest BCUT2D eigenvalue weighted by atomic mass is 16.5. The van der Waals surface area contributed by atoms with Crippen LogP contribution in [0, 0.1) is 0 Å². The molecule has 0 unspecified atom stereocenters. The number of amides is 1. The van der Waals surface area contributed by atoms with Crippen LogP contribution in [0.2, 0.25) is 0 Å². The average Bonchev–Trinajstić information content (AvgIpc) is 3.18. The van der Waals surface area contributed by atoms with E-state index in [9.17, 15) is 4.79 Å². The summed E-state index contributed by atoms with van der Waals surface area (Å²) in [6.07, 6.45) is 0.957. The Morgan fingerprint density at radius 2 is 1.82 bits per heavy atom. The van der Waals surface area contributed by atoms with Gasteiger partial charge in [-0.15, -0.1) is 0 Å². The number of hydrogen-bond donors (Lipinski definition) is 1. The van der Waals surface area contributed by atoms with E-state index >= 15 is 0 Å². The molecule has 5 nitrogen and oxygen atoms in total. The molecular formula is C23H30N2O3. The monoisotopic (exact) mass is 382 g/mol. The van der Waals surface area contributed by atoms with E-state index in [4.69, 9.17) is 9.47 Å². The van der Waals surface area contributed by atoms with Crippen LogP contribution in [0.25, 0.3) is 0 Å². The van der Waals surface area contributed by atoms with Crippen molar-refractivity contribution in [3.8, 4) is 11.5 Å². The van der Waals surface area contributed by atoms with Crippen molar-refractivity contribution in [2.75, 3.05) is 26.3 Å². The van der Waals surface area contributed by atoms with E-state index in [-0.39, 0.29) is 11.9 Å². The van der Waals surface area contributed by atoms with Crippen LogP contribution in [-0.2, 0) is 0 Å². The molecule has 2 aromatic rings. The highest BCUT2D eigenvalue weighted by Gasteiger charge is 2.28. The van der Waals surface area contributed by atoms with Gasteiger partial charge in [-0.3, -0.25) is 9.69 Å². The molecule has 3 rings (SSSR count). The summed E-state index contributed by atoms with van der Waals surface area (Å²) in [5.74, 6) is 1.22. The first-order chi connectivity index (χ1) is 13.6. The van der Waals surface area contributed by atoms with Crippen LogP contribution in [0.4, 0.5) is 0 Å². The summed E-state index contributed by atoms with van der Waals surface area (Å²) in [4.78, 5) is 15.2. The Bertz CT molecular complexity index is 779. The van der Waals surface area contributed by atoms with Gasteiger partial charge in [0.2, 0.25) is 0 Å². The van der Waals surface area contributed by atoms with E-state index in [1.165, 1.54) is 5.56 Å². The lowest BCUT2D eigenvalue weighted by molar-refractivity contribution is 0.0936. The van der Waals surface area contributed by atoms with Crippen molar-refractivity contribution in [3.63, 3.8) is 0 Å². The molecule has 0 spiro atoms. The second kappa shape index (κ2) is 9.60. The normalized spacial score (nSPS) is 17.9. The van der Waals surface area contributed by atoms with Gasteiger partial charge in [0.25, 0.3) is 5.91 Å². The first kappa shape index (κ1) is 20.2. The summed E-state index contributed by atoms with van der Waals surface area (Å²) in [5.41, 5.74) is 1.91. The molecule has 2 atom stereocenters. The van der Waals surface area contributed by atoms with Gasteiger partial charge in [0.05, 0.1) is 13.2 Å². The van der Waals surface area contributed by atoms with Crippen molar-refractivity contribution in [2.24, 2.45) is 0 Å². The average molecular weight is 383 g/mol. The molecule has 1 aliphatic rings. The Morgan fingerprint density at radius 3 is 2.54 bits per heavy atom. The molecule has 28 heavy (non-hydrogen) atoms. The highest BCUT2D eigenvalue weighted by Crippen LogP contribution is 2.29. The maximum Gasteiger partial charge on any atom is 0.251 e. The standard InChI is InChI=1S/C23H30N2O3/c1-4-27-21-12-11-19(15-22(21)28-5-2)23(26)24-20-13-14-25(16-20)17(3)18-9-7-6-8-10-18/h6-12,15,17,20H,4-5,13-14,16H2,1-3H3,(H,24,26)/t17-,20-/m0/s1. The van der Waals surface area contributed by atoms with E-state index < -0.39 is 0 Å². The minimum absolute atomic E-state index is 0.0665. The van der Waals surface area contributed by atoms with Crippen molar-refractivity contribution >= 4 is 5.91 Å². The van der Waals surface area contributed by atoms with Crippen molar-refractivity contribution < 1.29 is 14.3 Å². The SMILES string of the molecule is CCOc1ccc(C(=O)N[C@H]2CCN([C@@H](C)c3ccccc3)C2)cc1OCC. The maximum atomic E-state index is 12.7. The van der Waals surface area contributed by atoms with Crippen LogP contribution >= 0.6 is 0 Å². The smallest absolute Gasteiger partial charge is 0.251 e. The van der Waals surface area contributed by atoms with Gasteiger partial charge >= 0.3 is 0 Å². The zero-order chi connectivity index (χ0) is 19.9. The molecule has 1 saturated heterocycles. The molecule has 150 valence electrons. The number of rotatable bonds is 8. The Morgan fingerprint density at radius 1 is 1.11 bits per heavy atom. The highest BCUT2D eigenvalue weighted by molar-refractivity contribution is 5.95. The number of likely N-dealkylation sites (tertiary alicyclic amines) is 1. The van der Waals surface area contributed by atoms with E-state index in [0.717, 1.165) is 19.5 Å². The lowest BCUT2D eigenvalue weighted by Gasteiger charge is -2.24.